The molecule has 4 aromatic rings. The predicted octanol–water partition coefficient (Wildman–Crippen LogP) is 11.8. The highest BCUT2D eigenvalue weighted by molar-refractivity contribution is 7.45. The van der Waals surface area contributed by atoms with Crippen LogP contribution < -0.4 is 25.3 Å². The number of nitrogens with zero attached hydrogens (tertiary/aromatic N) is 6. The first-order valence-corrected chi connectivity index (χ1v) is 29.6. The summed E-state index contributed by atoms with van der Waals surface area (Å²) in [7, 11) is 1.23. The van der Waals surface area contributed by atoms with E-state index in [-0.39, 0.29) is 48.8 Å². The molecule has 0 amide bonds. The fourth-order valence-corrected chi connectivity index (χ4v) is 9.97. The Kier molecular flexibility index (Phi) is 25.0. The minimum Gasteiger partial charge on any atom is -0.756 e. The van der Waals surface area contributed by atoms with Gasteiger partial charge in [0.15, 0.2) is 22.3 Å². The van der Waals surface area contributed by atoms with Gasteiger partial charge in [0.2, 0.25) is 5.52 Å². The Morgan fingerprint density at radius 3 is 2.09 bits per heavy atom. The van der Waals surface area contributed by atoms with Crippen LogP contribution in [0.4, 0.5) is 17.1 Å². The molecule has 3 aromatic carbocycles. The number of aromatic nitrogens is 3. The van der Waals surface area contributed by atoms with E-state index in [0.29, 0.717) is 76.6 Å². The van der Waals surface area contributed by atoms with E-state index in [2.05, 4.69) is 40.4 Å². The van der Waals surface area contributed by atoms with Gasteiger partial charge in [0.25, 0.3) is 7.82 Å². The first kappa shape index (κ1) is 61.5. The lowest BCUT2D eigenvalue weighted by Crippen LogP contribution is -2.37. The van der Waals surface area contributed by atoms with Gasteiger partial charge in [-0.15, -0.1) is 0 Å². The second kappa shape index (κ2) is 31.7. The summed E-state index contributed by atoms with van der Waals surface area (Å²) in [5.74, 6) is 0.807. The van der Waals surface area contributed by atoms with E-state index in [1.807, 2.05) is 51.5 Å². The number of fused-ring (bicyclic) bond motifs is 5. The topological polar surface area (TPSA) is 244 Å². The number of carbonyl (C=O) groups excluding carboxylic acids is 1. The quantitative estimate of drug-likeness (QED) is 0.00549. The van der Waals surface area contributed by atoms with Crippen molar-refractivity contribution < 1.29 is 56.0 Å². The van der Waals surface area contributed by atoms with E-state index in [4.69, 9.17) is 37.3 Å². The van der Waals surface area contributed by atoms with E-state index >= 15 is 0 Å². The monoisotopic (exact) mass is 1100 g/mol. The SMILES string of the molecule is CCN(CC)c1ccc2nc3c4cc(OCCCCCCCCCCCCOC(COC(=O)CCCCCCCCCCNc5ccc([N+](=O)[O-])c6nonc56)COP(=O)([O-])OCC[N+](C)(C)C)ccc4c(=O)cc-3oc2c1. The van der Waals surface area contributed by atoms with Gasteiger partial charge in [0.1, 0.15) is 42.8 Å². The van der Waals surface area contributed by atoms with Gasteiger partial charge in [-0.2, -0.15) is 0 Å². The number of unbranched alkanes of at least 4 members (excludes halogenated alkanes) is 16. The average molecular weight is 1100 g/mol. The van der Waals surface area contributed by atoms with E-state index in [1.165, 1.54) is 12.1 Å². The number of benzene rings is 4. The number of quaternary nitrogens is 1. The molecular formula is C57H82N7O13P. The number of phosphoric ester groups is 1. The van der Waals surface area contributed by atoms with Crippen molar-refractivity contribution in [2.45, 2.75) is 142 Å². The van der Waals surface area contributed by atoms with E-state index in [0.717, 1.165) is 139 Å². The molecule has 0 radical (unpaired) electrons. The number of nitrogens with one attached hydrogen (secondary N) is 1. The highest BCUT2D eigenvalue weighted by Gasteiger charge is 2.22. The highest BCUT2D eigenvalue weighted by Crippen LogP contribution is 2.39. The van der Waals surface area contributed by atoms with E-state index < -0.39 is 18.8 Å². The summed E-state index contributed by atoms with van der Waals surface area (Å²) < 4.78 is 52.0. The summed E-state index contributed by atoms with van der Waals surface area (Å²) in [6.07, 6.45) is 17.8. The van der Waals surface area contributed by atoms with Crippen LogP contribution in [0.3, 0.4) is 0 Å². The molecule has 1 N–H and O–H groups in total. The van der Waals surface area contributed by atoms with Gasteiger partial charge in [-0.3, -0.25) is 24.3 Å². The molecule has 2 unspecified atom stereocenters. The Hall–Kier alpha value is -5.76. The Morgan fingerprint density at radius 1 is 0.756 bits per heavy atom. The summed E-state index contributed by atoms with van der Waals surface area (Å²) in [6, 6.07) is 16.1. The molecule has 2 aliphatic rings. The van der Waals surface area contributed by atoms with Gasteiger partial charge in [-0.25, -0.2) is 9.61 Å². The minimum atomic E-state index is -4.58. The Balaban J connectivity index is 0.799. The third kappa shape index (κ3) is 20.2. The maximum atomic E-state index is 13.1. The van der Waals surface area contributed by atoms with Crippen molar-refractivity contribution in [1.29, 1.82) is 0 Å². The van der Waals surface area contributed by atoms with Crippen molar-refractivity contribution in [3.63, 3.8) is 0 Å². The van der Waals surface area contributed by atoms with Crippen molar-refractivity contribution in [3.8, 4) is 17.2 Å². The van der Waals surface area contributed by atoms with E-state index in [1.54, 1.807) is 6.07 Å². The molecule has 6 rings (SSSR count). The van der Waals surface area contributed by atoms with Gasteiger partial charge in [0, 0.05) is 67.3 Å². The van der Waals surface area contributed by atoms with Crippen LogP contribution >= 0.6 is 7.82 Å². The predicted molar refractivity (Wildman–Crippen MR) is 301 cm³/mol. The third-order valence-electron chi connectivity index (χ3n) is 13.8. The molecule has 1 aromatic heterocycles. The lowest BCUT2D eigenvalue weighted by molar-refractivity contribution is -0.870. The zero-order chi connectivity index (χ0) is 55.8. The number of hydrogen-bond donors (Lipinski definition) is 1. The van der Waals surface area contributed by atoms with Crippen LogP contribution in [0, 0.1) is 10.1 Å². The molecule has 0 saturated heterocycles. The van der Waals surface area contributed by atoms with Crippen LogP contribution in [0.25, 0.3) is 44.4 Å². The number of hydrogen-bond acceptors (Lipinski definition) is 18. The number of rotatable bonds is 40. The minimum absolute atomic E-state index is 0.0136. The number of nitro groups is 1. The van der Waals surface area contributed by atoms with Crippen LogP contribution in [0.1, 0.15) is 136 Å². The van der Waals surface area contributed by atoms with Gasteiger partial charge < -0.3 is 47.3 Å². The smallest absolute Gasteiger partial charge is 0.305 e. The molecular weight excluding hydrogens is 1020 g/mol. The normalized spacial score (nSPS) is 13.1. The fourth-order valence-electron chi connectivity index (χ4n) is 9.24. The molecule has 2 heterocycles. The number of likely N-dealkylation sites (N-methyl/N-ethyl adjacent to an activating group) is 1. The molecule has 78 heavy (non-hydrogen) atoms. The summed E-state index contributed by atoms with van der Waals surface area (Å²) in [5.41, 5.74) is 3.94. The molecule has 0 bridgehead atoms. The lowest BCUT2D eigenvalue weighted by atomic mass is 10.0. The van der Waals surface area contributed by atoms with E-state index in [9.17, 15) is 29.2 Å². The molecule has 2 atom stereocenters. The number of phosphoric acid groups is 1. The van der Waals surface area contributed by atoms with Gasteiger partial charge in [-0.1, -0.05) is 89.9 Å². The van der Waals surface area contributed by atoms with Crippen LogP contribution in [-0.2, 0) is 27.9 Å². The highest BCUT2D eigenvalue weighted by atomic mass is 31.2. The average Bonchev–Trinajstić information content (AvgIpc) is 3.91. The van der Waals surface area contributed by atoms with Crippen molar-refractivity contribution in [2.75, 3.05) is 90.6 Å². The maximum Gasteiger partial charge on any atom is 0.305 e. The number of ether oxygens (including phenoxy) is 3. The van der Waals surface area contributed by atoms with Gasteiger partial charge in [0.05, 0.1) is 45.0 Å². The molecule has 1 aliphatic heterocycles. The first-order chi connectivity index (χ1) is 37.6. The number of anilines is 2. The fraction of sp³-hybridized carbons (Fsp3) is 0.596. The molecule has 0 spiro atoms. The van der Waals surface area contributed by atoms with Crippen LogP contribution in [0.2, 0.25) is 0 Å². The standard InChI is InChI=1S/C57H82N7O13P/c1-6-62(7-2)43-27-30-48-52(38-43)76-53-40-51(65)46-29-28-44(39-47(46)55(53)59-48)71-35-24-20-16-12-8-9-13-17-21-25-36-72-45(42-75-78(69,70)74-37-34-64(3,4)5)41-73-54(66)26-22-18-14-10-11-15-19-23-33-58-49-31-32-50(63(67)68)57-56(49)60-77-61-57/h27-32,38-40,45H,6-26,33-37,41-42H2,1-5H3,(H-,58,61,69,70). The second-order valence-electron chi connectivity index (χ2n) is 21.0. The van der Waals surface area contributed by atoms with Gasteiger partial charge >= 0.3 is 11.7 Å². The molecule has 20 nitrogen and oxygen atoms in total. The summed E-state index contributed by atoms with van der Waals surface area (Å²) >= 11 is 0. The van der Waals surface area contributed by atoms with Crippen molar-refractivity contribution in [2.24, 2.45) is 0 Å². The van der Waals surface area contributed by atoms with Crippen molar-refractivity contribution in [1.82, 2.24) is 15.3 Å². The second-order valence-corrected chi connectivity index (χ2v) is 22.4. The van der Waals surface area contributed by atoms with Crippen molar-refractivity contribution >= 4 is 63.8 Å². The van der Waals surface area contributed by atoms with Crippen molar-refractivity contribution in [3.05, 3.63) is 74.9 Å². The maximum absolute atomic E-state index is 13.1. The van der Waals surface area contributed by atoms with Crippen LogP contribution in [0.5, 0.6) is 5.75 Å². The zero-order valence-electron chi connectivity index (χ0n) is 46.5. The Labute approximate surface area is 458 Å². The molecule has 0 saturated carbocycles. The summed E-state index contributed by atoms with van der Waals surface area (Å²) in [5, 5.41) is 23.3. The number of non-ortho nitro benzene ring substituents is 1. The lowest BCUT2D eigenvalue weighted by Gasteiger charge is -2.28. The largest absolute Gasteiger partial charge is 0.756 e. The summed E-state index contributed by atoms with van der Waals surface area (Å²) in [4.78, 5) is 56.1. The molecule has 0 fully saturated rings. The summed E-state index contributed by atoms with van der Waals surface area (Å²) in [6.45, 7) is 7.70. The number of nitro benzene ring substituents is 1. The number of carbonyl (C=O) groups is 1. The zero-order valence-corrected chi connectivity index (χ0v) is 47.4. The van der Waals surface area contributed by atoms with Crippen LogP contribution in [0.15, 0.2) is 68.4 Å². The first-order valence-electron chi connectivity index (χ1n) is 28.1. The van der Waals surface area contributed by atoms with Gasteiger partial charge in [-0.05, 0) is 86.2 Å². The Bertz CT molecular complexity index is 2870. The molecule has 21 heteroatoms. The molecule has 1 aliphatic carbocycles. The number of esters is 1. The van der Waals surface area contributed by atoms with Crippen LogP contribution in [-0.4, -0.2) is 117 Å². The Morgan fingerprint density at radius 2 is 1.41 bits per heavy atom. The third-order valence-corrected chi connectivity index (χ3v) is 14.7. The molecule has 428 valence electrons.